The number of aliphatic hydroxyl groups excluding tert-OH is 1. The minimum absolute atomic E-state index is 0.0154. The molecule has 1 aliphatic rings. The molecule has 0 heterocycles. The van der Waals surface area contributed by atoms with Gasteiger partial charge in [-0.15, -0.1) is 0 Å². The van der Waals surface area contributed by atoms with E-state index in [9.17, 15) is 29.1 Å². The van der Waals surface area contributed by atoms with Gasteiger partial charge in [0.1, 0.15) is 19.8 Å². The minimum Gasteiger partial charge on any atom is -0.465 e. The van der Waals surface area contributed by atoms with E-state index in [2.05, 4.69) is 25.7 Å². The highest BCUT2D eigenvalue weighted by molar-refractivity contribution is 5.71. The maximum Gasteiger partial charge on any atom is 0.305 e. The molecule has 1 unspecified atom stereocenters. The van der Waals surface area contributed by atoms with Crippen LogP contribution in [0.4, 0.5) is 0 Å². The molecule has 1 N–H and O–H groups in total. The van der Waals surface area contributed by atoms with Crippen molar-refractivity contribution in [1.82, 2.24) is 4.90 Å². The van der Waals surface area contributed by atoms with Crippen molar-refractivity contribution in [2.45, 2.75) is 219 Å². The van der Waals surface area contributed by atoms with E-state index in [1.54, 1.807) is 0 Å². The lowest BCUT2D eigenvalue weighted by Crippen LogP contribution is -2.42. The molecular formula is C49H89NO11. The van der Waals surface area contributed by atoms with E-state index in [0.717, 1.165) is 142 Å². The van der Waals surface area contributed by atoms with Crippen molar-refractivity contribution in [2.75, 3.05) is 52.7 Å². The van der Waals surface area contributed by atoms with Gasteiger partial charge in [-0.25, -0.2) is 0 Å². The molecule has 0 aromatic heterocycles. The molecule has 1 fully saturated rings. The molecule has 12 heteroatoms. The quantitative estimate of drug-likeness (QED) is 0.0352. The van der Waals surface area contributed by atoms with Gasteiger partial charge in [-0.05, 0) is 64.3 Å². The van der Waals surface area contributed by atoms with Crippen LogP contribution in [0.2, 0.25) is 0 Å². The zero-order valence-corrected chi connectivity index (χ0v) is 39.1. The van der Waals surface area contributed by atoms with Crippen molar-refractivity contribution >= 4 is 29.8 Å². The second-order valence-electron chi connectivity index (χ2n) is 17.4. The van der Waals surface area contributed by atoms with Crippen LogP contribution in [0.1, 0.15) is 213 Å². The first-order chi connectivity index (χ1) is 29.7. The summed E-state index contributed by atoms with van der Waals surface area (Å²) in [4.78, 5) is 65.4. The molecule has 61 heavy (non-hydrogen) atoms. The van der Waals surface area contributed by atoms with Crippen LogP contribution < -0.4 is 0 Å². The Balaban J connectivity index is 2.58. The Bertz CT molecular complexity index is 1080. The summed E-state index contributed by atoms with van der Waals surface area (Å²) in [5.74, 6) is -2.33. The molecule has 1 saturated carbocycles. The standard InChI is InChI=1S/C49H89NO11/c1-4-7-10-14-19-29-45(52)57-37-42(38-58-46(53)30-20-15-11-8-5-2)26-24-33-49(56)61-41-43(39-59-47(54)31-21-16-12-9-6-3)40-60-48(55)32-22-17-13-18-23-34-50(35-36-51)44-27-25-28-44/h42-44,51H,4-41H2,1-3H3. The van der Waals surface area contributed by atoms with Crippen LogP contribution in [0.3, 0.4) is 0 Å². The average Bonchev–Trinajstić information content (AvgIpc) is 3.22. The molecule has 12 nitrogen and oxygen atoms in total. The van der Waals surface area contributed by atoms with Gasteiger partial charge in [-0.3, -0.25) is 28.9 Å². The second-order valence-corrected chi connectivity index (χ2v) is 17.4. The minimum atomic E-state index is -0.495. The number of ether oxygens (including phenoxy) is 5. The van der Waals surface area contributed by atoms with Crippen molar-refractivity contribution in [3.8, 4) is 0 Å². The number of carbonyl (C=O) groups is 5. The van der Waals surface area contributed by atoms with E-state index in [-0.39, 0.29) is 75.9 Å². The van der Waals surface area contributed by atoms with Crippen LogP contribution in [-0.4, -0.2) is 98.6 Å². The molecule has 0 spiro atoms. The van der Waals surface area contributed by atoms with Gasteiger partial charge in [0.2, 0.25) is 0 Å². The van der Waals surface area contributed by atoms with Crippen molar-refractivity contribution < 1.29 is 52.8 Å². The fourth-order valence-corrected chi connectivity index (χ4v) is 7.40. The summed E-state index contributed by atoms with van der Waals surface area (Å²) < 4.78 is 27.9. The van der Waals surface area contributed by atoms with Crippen LogP contribution in [0.15, 0.2) is 0 Å². The summed E-state index contributed by atoms with van der Waals surface area (Å²) in [5.41, 5.74) is 0. The zero-order valence-electron chi connectivity index (χ0n) is 39.1. The number of hydrogen-bond donors (Lipinski definition) is 1. The van der Waals surface area contributed by atoms with Crippen LogP contribution >= 0.6 is 0 Å². The number of aliphatic hydroxyl groups is 1. The van der Waals surface area contributed by atoms with Crippen LogP contribution in [0.5, 0.6) is 0 Å². The number of unbranched alkanes of at least 4 members (excludes halogenated alkanes) is 16. The molecule has 0 saturated heterocycles. The Hall–Kier alpha value is -2.73. The Morgan fingerprint density at radius 1 is 0.443 bits per heavy atom. The van der Waals surface area contributed by atoms with Crippen LogP contribution in [0, 0.1) is 11.8 Å². The molecule has 1 rings (SSSR count). The summed E-state index contributed by atoms with van der Waals surface area (Å²) in [6, 6.07) is 0.628. The second kappa shape index (κ2) is 40.1. The zero-order chi connectivity index (χ0) is 44.6. The van der Waals surface area contributed by atoms with E-state index < -0.39 is 11.9 Å². The Labute approximate surface area is 370 Å². The highest BCUT2D eigenvalue weighted by Crippen LogP contribution is 2.25. The highest BCUT2D eigenvalue weighted by Gasteiger charge is 2.24. The smallest absolute Gasteiger partial charge is 0.305 e. The van der Waals surface area contributed by atoms with Crippen molar-refractivity contribution in [3.63, 3.8) is 0 Å². The molecule has 0 aromatic rings. The third-order valence-electron chi connectivity index (χ3n) is 11.7. The van der Waals surface area contributed by atoms with Gasteiger partial charge in [-0.2, -0.15) is 0 Å². The number of hydrogen-bond acceptors (Lipinski definition) is 12. The van der Waals surface area contributed by atoms with Gasteiger partial charge < -0.3 is 28.8 Å². The fraction of sp³-hybridized carbons (Fsp3) is 0.898. The monoisotopic (exact) mass is 868 g/mol. The van der Waals surface area contributed by atoms with Gasteiger partial charge in [0.15, 0.2) is 0 Å². The number of nitrogens with zero attached hydrogens (tertiary/aromatic N) is 1. The summed E-state index contributed by atoms with van der Waals surface area (Å²) in [7, 11) is 0. The molecule has 0 radical (unpaired) electrons. The third-order valence-corrected chi connectivity index (χ3v) is 11.7. The average molecular weight is 868 g/mol. The predicted octanol–water partition coefficient (Wildman–Crippen LogP) is 10.4. The van der Waals surface area contributed by atoms with Crippen LogP contribution in [-0.2, 0) is 47.7 Å². The Kier molecular flexibility index (Phi) is 37.0. The first-order valence-corrected chi connectivity index (χ1v) is 24.8. The third kappa shape index (κ3) is 33.5. The Morgan fingerprint density at radius 3 is 1.11 bits per heavy atom. The summed E-state index contributed by atoms with van der Waals surface area (Å²) in [6.07, 6.45) is 26.4. The van der Waals surface area contributed by atoms with Gasteiger partial charge in [0.05, 0.1) is 25.7 Å². The topological polar surface area (TPSA) is 155 Å². The number of rotatable bonds is 43. The lowest BCUT2D eigenvalue weighted by atomic mass is 9.91. The van der Waals surface area contributed by atoms with Gasteiger partial charge in [0.25, 0.3) is 0 Å². The summed E-state index contributed by atoms with van der Waals surface area (Å²) in [6.45, 7) is 8.55. The molecular weight excluding hydrogens is 779 g/mol. The lowest BCUT2D eigenvalue weighted by Gasteiger charge is -2.37. The van der Waals surface area contributed by atoms with E-state index in [1.165, 1.54) is 19.3 Å². The SMILES string of the molecule is CCCCCCCC(=O)OCC(CCCC(=O)OCC(COC(=O)CCCCCCC)COC(=O)CCCCCCCN(CCO)C1CCC1)COC(=O)CCCCCCC. The van der Waals surface area contributed by atoms with E-state index in [4.69, 9.17) is 23.7 Å². The van der Waals surface area contributed by atoms with Crippen molar-refractivity contribution in [3.05, 3.63) is 0 Å². The fourth-order valence-electron chi connectivity index (χ4n) is 7.40. The highest BCUT2D eigenvalue weighted by atomic mass is 16.6. The molecule has 1 atom stereocenters. The molecule has 0 amide bonds. The summed E-state index contributed by atoms with van der Waals surface area (Å²) in [5, 5.41) is 9.39. The first kappa shape index (κ1) is 56.3. The molecule has 0 aromatic carbocycles. The normalized spacial score (nSPS) is 13.2. The largest absolute Gasteiger partial charge is 0.465 e. The van der Waals surface area contributed by atoms with Gasteiger partial charge in [0, 0.05) is 50.6 Å². The maximum absolute atomic E-state index is 12.9. The van der Waals surface area contributed by atoms with Crippen molar-refractivity contribution in [1.29, 1.82) is 0 Å². The van der Waals surface area contributed by atoms with Crippen LogP contribution in [0.25, 0.3) is 0 Å². The van der Waals surface area contributed by atoms with E-state index in [0.29, 0.717) is 44.6 Å². The molecule has 1 aliphatic carbocycles. The lowest BCUT2D eigenvalue weighted by molar-refractivity contribution is -0.155. The maximum atomic E-state index is 12.9. The number of carbonyl (C=O) groups excluding carboxylic acids is 5. The molecule has 356 valence electrons. The number of esters is 5. The molecule has 0 aliphatic heterocycles. The first-order valence-electron chi connectivity index (χ1n) is 24.8. The van der Waals surface area contributed by atoms with E-state index >= 15 is 0 Å². The van der Waals surface area contributed by atoms with E-state index in [1.807, 2.05) is 0 Å². The molecule has 0 bridgehead atoms. The van der Waals surface area contributed by atoms with Gasteiger partial charge >= 0.3 is 29.8 Å². The van der Waals surface area contributed by atoms with Crippen molar-refractivity contribution in [2.24, 2.45) is 11.8 Å². The Morgan fingerprint density at radius 2 is 0.770 bits per heavy atom. The predicted molar refractivity (Wildman–Crippen MR) is 240 cm³/mol. The summed E-state index contributed by atoms with van der Waals surface area (Å²) >= 11 is 0. The van der Waals surface area contributed by atoms with Gasteiger partial charge in [-0.1, -0.05) is 124 Å².